The van der Waals surface area contributed by atoms with Crippen LogP contribution in [-0.2, 0) is 9.53 Å². The highest BCUT2D eigenvalue weighted by Gasteiger charge is 2.34. The van der Waals surface area contributed by atoms with E-state index in [2.05, 4.69) is 4.90 Å². The predicted molar refractivity (Wildman–Crippen MR) is 58.5 cm³/mol. The highest BCUT2D eigenvalue weighted by atomic mass is 16.5. The first-order valence-corrected chi connectivity index (χ1v) is 5.85. The summed E-state index contributed by atoms with van der Waals surface area (Å²) in [5.74, 6) is -0.124. The highest BCUT2D eigenvalue weighted by Crippen LogP contribution is 2.34. The van der Waals surface area contributed by atoms with E-state index in [4.69, 9.17) is 4.74 Å². The van der Waals surface area contributed by atoms with Crippen LogP contribution in [0.25, 0.3) is 0 Å². The van der Waals surface area contributed by atoms with E-state index in [0.29, 0.717) is 12.6 Å². The first-order valence-electron chi connectivity index (χ1n) is 5.85. The summed E-state index contributed by atoms with van der Waals surface area (Å²) in [5, 5.41) is 0. The number of hydrogen-bond acceptors (Lipinski definition) is 3. The largest absolute Gasteiger partial charge is 0.463 e. The summed E-state index contributed by atoms with van der Waals surface area (Å²) in [6.07, 6.45) is 3.53. The SMILES string of the molecule is CCOC(=O)/C(C)=C1\CCN2CCCC12. The number of hydrogen-bond donors (Lipinski definition) is 0. The molecule has 0 bridgehead atoms. The van der Waals surface area contributed by atoms with Crippen LogP contribution in [0.1, 0.15) is 33.1 Å². The lowest BCUT2D eigenvalue weighted by molar-refractivity contribution is -0.138. The fraction of sp³-hybridized carbons (Fsp3) is 0.750. The average molecular weight is 209 g/mol. The minimum Gasteiger partial charge on any atom is -0.463 e. The number of rotatable bonds is 2. The Kier molecular flexibility index (Phi) is 3.10. The Morgan fingerprint density at radius 3 is 3.07 bits per heavy atom. The van der Waals surface area contributed by atoms with Crippen LogP contribution in [-0.4, -0.2) is 36.6 Å². The van der Waals surface area contributed by atoms with Crippen molar-refractivity contribution in [3.05, 3.63) is 11.1 Å². The van der Waals surface area contributed by atoms with Crippen molar-refractivity contribution in [2.75, 3.05) is 19.7 Å². The van der Waals surface area contributed by atoms with E-state index in [1.165, 1.54) is 25.0 Å². The van der Waals surface area contributed by atoms with Gasteiger partial charge in [0, 0.05) is 18.2 Å². The summed E-state index contributed by atoms with van der Waals surface area (Å²) in [4.78, 5) is 14.1. The van der Waals surface area contributed by atoms with Gasteiger partial charge in [-0.3, -0.25) is 4.90 Å². The molecule has 0 N–H and O–H groups in total. The maximum atomic E-state index is 11.6. The molecule has 0 aromatic rings. The number of nitrogens with zero attached hydrogens (tertiary/aromatic N) is 1. The zero-order valence-electron chi connectivity index (χ0n) is 9.58. The van der Waals surface area contributed by atoms with Gasteiger partial charge in [0.25, 0.3) is 0 Å². The number of fused-ring (bicyclic) bond motifs is 1. The number of esters is 1. The van der Waals surface area contributed by atoms with Crippen LogP contribution in [0.15, 0.2) is 11.1 Å². The molecule has 0 saturated carbocycles. The molecule has 3 heteroatoms. The van der Waals surface area contributed by atoms with E-state index in [-0.39, 0.29) is 5.97 Å². The van der Waals surface area contributed by atoms with Crippen LogP contribution in [0.4, 0.5) is 0 Å². The van der Waals surface area contributed by atoms with E-state index < -0.39 is 0 Å². The van der Waals surface area contributed by atoms with Gasteiger partial charge in [-0.1, -0.05) is 0 Å². The number of carbonyl (C=O) groups is 1. The van der Waals surface area contributed by atoms with Crippen LogP contribution in [0.3, 0.4) is 0 Å². The molecule has 2 aliphatic heterocycles. The van der Waals surface area contributed by atoms with E-state index in [9.17, 15) is 4.79 Å². The molecule has 1 atom stereocenters. The topological polar surface area (TPSA) is 29.5 Å². The zero-order valence-corrected chi connectivity index (χ0v) is 9.58. The first-order chi connectivity index (χ1) is 7.24. The lowest BCUT2D eigenvalue weighted by atomic mass is 10.0. The van der Waals surface area contributed by atoms with E-state index in [0.717, 1.165) is 18.5 Å². The molecule has 2 fully saturated rings. The van der Waals surface area contributed by atoms with Crippen molar-refractivity contribution in [2.24, 2.45) is 0 Å². The molecule has 84 valence electrons. The second-order valence-corrected chi connectivity index (χ2v) is 4.31. The third-order valence-corrected chi connectivity index (χ3v) is 3.50. The molecule has 0 aromatic heterocycles. The smallest absolute Gasteiger partial charge is 0.333 e. The fourth-order valence-corrected chi connectivity index (χ4v) is 2.73. The fourth-order valence-electron chi connectivity index (χ4n) is 2.73. The van der Waals surface area contributed by atoms with E-state index in [1.807, 2.05) is 13.8 Å². The Bertz CT molecular complexity index is 296. The summed E-state index contributed by atoms with van der Waals surface area (Å²) < 4.78 is 5.05. The van der Waals surface area contributed by atoms with Crippen molar-refractivity contribution < 1.29 is 9.53 Å². The highest BCUT2D eigenvalue weighted by molar-refractivity contribution is 5.89. The summed E-state index contributed by atoms with van der Waals surface area (Å²) in [7, 11) is 0. The van der Waals surface area contributed by atoms with Crippen LogP contribution < -0.4 is 0 Å². The predicted octanol–water partition coefficient (Wildman–Crippen LogP) is 1.73. The molecule has 2 saturated heterocycles. The van der Waals surface area contributed by atoms with Crippen molar-refractivity contribution in [1.82, 2.24) is 4.90 Å². The first kappa shape index (κ1) is 10.7. The second kappa shape index (κ2) is 4.35. The summed E-state index contributed by atoms with van der Waals surface area (Å²) >= 11 is 0. The van der Waals surface area contributed by atoms with Crippen molar-refractivity contribution in [1.29, 1.82) is 0 Å². The molecule has 0 radical (unpaired) electrons. The van der Waals surface area contributed by atoms with Gasteiger partial charge in [0.05, 0.1) is 6.61 Å². The lowest BCUT2D eigenvalue weighted by Crippen LogP contribution is -2.23. The standard InChI is InChI=1S/C12H19NO2/c1-3-15-12(14)9(2)10-6-8-13-7-4-5-11(10)13/h11H,3-8H2,1-2H3/b10-9+. The van der Waals surface area contributed by atoms with Gasteiger partial charge in [-0.05, 0) is 45.2 Å². The van der Waals surface area contributed by atoms with Crippen LogP contribution in [0.2, 0.25) is 0 Å². The molecule has 1 unspecified atom stereocenters. The van der Waals surface area contributed by atoms with Gasteiger partial charge in [-0.15, -0.1) is 0 Å². The molecule has 3 nitrogen and oxygen atoms in total. The molecular formula is C12H19NO2. The molecular weight excluding hydrogens is 190 g/mol. The van der Waals surface area contributed by atoms with Crippen molar-refractivity contribution in [3.63, 3.8) is 0 Å². The Hall–Kier alpha value is -0.830. The van der Waals surface area contributed by atoms with Gasteiger partial charge in [-0.2, -0.15) is 0 Å². The van der Waals surface area contributed by atoms with Gasteiger partial charge in [0.2, 0.25) is 0 Å². The summed E-state index contributed by atoms with van der Waals surface area (Å²) in [6, 6.07) is 0.536. The number of carbonyl (C=O) groups excluding carboxylic acids is 1. The molecule has 15 heavy (non-hydrogen) atoms. The summed E-state index contributed by atoms with van der Waals surface area (Å²) in [5.41, 5.74) is 2.18. The van der Waals surface area contributed by atoms with Crippen molar-refractivity contribution in [2.45, 2.75) is 39.2 Å². The monoisotopic (exact) mass is 209 g/mol. The normalized spacial score (nSPS) is 29.1. The van der Waals surface area contributed by atoms with Gasteiger partial charge in [0.1, 0.15) is 0 Å². The maximum Gasteiger partial charge on any atom is 0.333 e. The van der Waals surface area contributed by atoms with Gasteiger partial charge in [0.15, 0.2) is 0 Å². The third-order valence-electron chi connectivity index (χ3n) is 3.50. The molecule has 0 aliphatic carbocycles. The van der Waals surface area contributed by atoms with Crippen molar-refractivity contribution in [3.8, 4) is 0 Å². The lowest BCUT2D eigenvalue weighted by Gasteiger charge is -2.15. The molecule has 2 heterocycles. The zero-order chi connectivity index (χ0) is 10.8. The van der Waals surface area contributed by atoms with Gasteiger partial charge >= 0.3 is 5.97 Å². The van der Waals surface area contributed by atoms with Crippen LogP contribution >= 0.6 is 0 Å². The molecule has 2 aliphatic rings. The Labute approximate surface area is 91.1 Å². The third kappa shape index (κ3) is 1.93. The molecule has 0 spiro atoms. The van der Waals surface area contributed by atoms with Crippen LogP contribution in [0.5, 0.6) is 0 Å². The minimum absolute atomic E-state index is 0.124. The maximum absolute atomic E-state index is 11.6. The van der Waals surface area contributed by atoms with Gasteiger partial charge < -0.3 is 4.74 Å². The van der Waals surface area contributed by atoms with Gasteiger partial charge in [-0.25, -0.2) is 4.79 Å². The second-order valence-electron chi connectivity index (χ2n) is 4.31. The van der Waals surface area contributed by atoms with E-state index in [1.54, 1.807) is 0 Å². The average Bonchev–Trinajstić information content (AvgIpc) is 2.77. The number of ether oxygens (including phenoxy) is 1. The minimum atomic E-state index is -0.124. The Morgan fingerprint density at radius 2 is 2.33 bits per heavy atom. The van der Waals surface area contributed by atoms with Crippen LogP contribution in [0, 0.1) is 0 Å². The molecule has 2 rings (SSSR count). The Balaban J connectivity index is 2.14. The Morgan fingerprint density at radius 1 is 1.53 bits per heavy atom. The van der Waals surface area contributed by atoms with E-state index >= 15 is 0 Å². The molecule has 0 aromatic carbocycles. The summed E-state index contributed by atoms with van der Waals surface area (Å²) in [6.45, 7) is 6.56. The quantitative estimate of drug-likeness (QED) is 0.512. The molecule has 0 amide bonds. The van der Waals surface area contributed by atoms with Crippen molar-refractivity contribution >= 4 is 5.97 Å².